The lowest BCUT2D eigenvalue weighted by Crippen LogP contribution is -2.30. The second kappa shape index (κ2) is 6.68. The SMILES string of the molecule is CCNc1cc(C)nc(CN2CCC(C)CCC2=O)n1. The first-order valence-electron chi connectivity index (χ1n) is 7.44. The third-order valence-electron chi connectivity index (χ3n) is 3.69. The van der Waals surface area contributed by atoms with Crippen molar-refractivity contribution in [3.8, 4) is 0 Å². The van der Waals surface area contributed by atoms with E-state index in [0.717, 1.165) is 43.3 Å². The van der Waals surface area contributed by atoms with Gasteiger partial charge in [0.05, 0.1) is 6.54 Å². The predicted octanol–water partition coefficient (Wildman–Crippen LogP) is 2.37. The lowest BCUT2D eigenvalue weighted by molar-refractivity contribution is -0.131. The number of carbonyl (C=O) groups excluding carboxylic acids is 1. The van der Waals surface area contributed by atoms with E-state index in [2.05, 4.69) is 22.2 Å². The van der Waals surface area contributed by atoms with Gasteiger partial charge in [0.15, 0.2) is 0 Å². The molecule has 2 heterocycles. The molecule has 110 valence electrons. The van der Waals surface area contributed by atoms with E-state index < -0.39 is 0 Å². The van der Waals surface area contributed by atoms with Crippen LogP contribution < -0.4 is 5.32 Å². The highest BCUT2D eigenvalue weighted by molar-refractivity contribution is 5.76. The third kappa shape index (κ3) is 3.92. The summed E-state index contributed by atoms with van der Waals surface area (Å²) in [5.74, 6) is 2.42. The molecule has 1 aliphatic heterocycles. The average molecular weight is 276 g/mol. The largest absolute Gasteiger partial charge is 0.370 e. The van der Waals surface area contributed by atoms with Crippen LogP contribution in [-0.4, -0.2) is 33.9 Å². The molecule has 1 atom stereocenters. The molecular weight excluding hydrogens is 252 g/mol. The molecular formula is C15H24N4O. The summed E-state index contributed by atoms with van der Waals surface area (Å²) in [6, 6.07) is 1.93. The molecule has 1 N–H and O–H groups in total. The highest BCUT2D eigenvalue weighted by Gasteiger charge is 2.21. The summed E-state index contributed by atoms with van der Waals surface area (Å²) >= 11 is 0. The van der Waals surface area contributed by atoms with Crippen molar-refractivity contribution in [2.75, 3.05) is 18.4 Å². The lowest BCUT2D eigenvalue weighted by atomic mass is 10.0. The average Bonchev–Trinajstić information content (AvgIpc) is 2.54. The number of amides is 1. The Hall–Kier alpha value is -1.65. The van der Waals surface area contributed by atoms with Gasteiger partial charge in [-0.15, -0.1) is 0 Å². The summed E-state index contributed by atoms with van der Waals surface area (Å²) in [6.07, 6.45) is 2.71. The van der Waals surface area contributed by atoms with Crippen LogP contribution in [0.4, 0.5) is 5.82 Å². The van der Waals surface area contributed by atoms with Crippen molar-refractivity contribution in [2.24, 2.45) is 5.92 Å². The minimum absolute atomic E-state index is 0.226. The Morgan fingerprint density at radius 3 is 2.95 bits per heavy atom. The molecule has 1 unspecified atom stereocenters. The van der Waals surface area contributed by atoms with Crippen molar-refractivity contribution >= 4 is 11.7 Å². The lowest BCUT2D eigenvalue weighted by Gasteiger charge is -2.20. The number of nitrogens with zero attached hydrogens (tertiary/aromatic N) is 3. The van der Waals surface area contributed by atoms with E-state index in [4.69, 9.17) is 0 Å². The number of likely N-dealkylation sites (tertiary alicyclic amines) is 1. The zero-order valence-corrected chi connectivity index (χ0v) is 12.6. The number of aryl methyl sites for hydroxylation is 1. The fraction of sp³-hybridized carbons (Fsp3) is 0.667. The molecule has 0 saturated carbocycles. The van der Waals surface area contributed by atoms with E-state index in [1.54, 1.807) is 0 Å². The molecule has 5 nitrogen and oxygen atoms in total. The van der Waals surface area contributed by atoms with E-state index in [1.807, 2.05) is 24.8 Å². The summed E-state index contributed by atoms with van der Waals surface area (Å²) in [5.41, 5.74) is 0.932. The van der Waals surface area contributed by atoms with Gasteiger partial charge in [-0.05, 0) is 32.6 Å². The zero-order valence-electron chi connectivity index (χ0n) is 12.6. The van der Waals surface area contributed by atoms with E-state index in [-0.39, 0.29) is 5.91 Å². The van der Waals surface area contributed by atoms with Gasteiger partial charge in [-0.25, -0.2) is 9.97 Å². The number of carbonyl (C=O) groups is 1. The second-order valence-corrected chi connectivity index (χ2v) is 5.59. The Morgan fingerprint density at radius 2 is 2.20 bits per heavy atom. The third-order valence-corrected chi connectivity index (χ3v) is 3.69. The van der Waals surface area contributed by atoms with Gasteiger partial charge < -0.3 is 10.2 Å². The van der Waals surface area contributed by atoms with Gasteiger partial charge in [-0.3, -0.25) is 4.79 Å². The molecule has 2 rings (SSSR count). The van der Waals surface area contributed by atoms with Crippen molar-refractivity contribution < 1.29 is 4.79 Å². The normalized spacial score (nSPS) is 19.9. The number of rotatable bonds is 4. The van der Waals surface area contributed by atoms with Crippen LogP contribution in [0.3, 0.4) is 0 Å². The Balaban J connectivity index is 2.10. The number of aromatic nitrogens is 2. The maximum atomic E-state index is 12.1. The van der Waals surface area contributed by atoms with Crippen LogP contribution in [0.1, 0.15) is 44.6 Å². The topological polar surface area (TPSA) is 58.1 Å². The quantitative estimate of drug-likeness (QED) is 0.917. The number of hydrogen-bond donors (Lipinski definition) is 1. The first kappa shape index (κ1) is 14.8. The van der Waals surface area contributed by atoms with E-state index >= 15 is 0 Å². The summed E-state index contributed by atoms with van der Waals surface area (Å²) in [4.78, 5) is 22.9. The van der Waals surface area contributed by atoms with Crippen LogP contribution in [0.5, 0.6) is 0 Å². The molecule has 1 fully saturated rings. The van der Waals surface area contributed by atoms with Crippen molar-refractivity contribution in [3.63, 3.8) is 0 Å². The molecule has 0 bridgehead atoms. The minimum atomic E-state index is 0.226. The summed E-state index contributed by atoms with van der Waals surface area (Å²) in [6.45, 7) is 8.37. The smallest absolute Gasteiger partial charge is 0.222 e. The van der Waals surface area contributed by atoms with Gasteiger partial charge >= 0.3 is 0 Å². The molecule has 1 amide bonds. The standard InChI is InChI=1S/C15H24N4O/c1-4-16-13-9-12(3)17-14(18-13)10-19-8-7-11(2)5-6-15(19)20/h9,11H,4-8,10H2,1-3H3,(H,16,17,18). The summed E-state index contributed by atoms with van der Waals surface area (Å²) in [5, 5.41) is 3.20. The van der Waals surface area contributed by atoms with Gasteiger partial charge in [-0.1, -0.05) is 6.92 Å². The number of nitrogens with one attached hydrogen (secondary N) is 1. The fourth-order valence-corrected chi connectivity index (χ4v) is 2.48. The van der Waals surface area contributed by atoms with E-state index in [0.29, 0.717) is 18.9 Å². The molecule has 1 aliphatic rings. The Labute approximate surface area is 120 Å². The van der Waals surface area contributed by atoms with Crippen molar-refractivity contribution in [3.05, 3.63) is 17.6 Å². The zero-order chi connectivity index (χ0) is 14.5. The Kier molecular flexibility index (Phi) is 4.93. The second-order valence-electron chi connectivity index (χ2n) is 5.59. The summed E-state index contributed by atoms with van der Waals surface area (Å²) in [7, 11) is 0. The van der Waals surface area contributed by atoms with E-state index in [1.165, 1.54) is 0 Å². The monoisotopic (exact) mass is 276 g/mol. The van der Waals surface area contributed by atoms with Crippen molar-refractivity contribution in [2.45, 2.75) is 46.6 Å². The molecule has 1 aromatic rings. The molecule has 0 aromatic carbocycles. The Bertz CT molecular complexity index is 475. The molecule has 0 spiro atoms. The van der Waals surface area contributed by atoms with E-state index in [9.17, 15) is 4.79 Å². The van der Waals surface area contributed by atoms with Gasteiger partial charge in [0.2, 0.25) is 5.91 Å². The van der Waals surface area contributed by atoms with Crippen molar-refractivity contribution in [1.82, 2.24) is 14.9 Å². The van der Waals surface area contributed by atoms with Crippen LogP contribution in [-0.2, 0) is 11.3 Å². The van der Waals surface area contributed by atoms with Gasteiger partial charge in [0, 0.05) is 31.3 Å². The molecule has 0 radical (unpaired) electrons. The van der Waals surface area contributed by atoms with Gasteiger partial charge in [0.1, 0.15) is 11.6 Å². The molecule has 1 aromatic heterocycles. The first-order chi connectivity index (χ1) is 9.58. The Morgan fingerprint density at radius 1 is 1.40 bits per heavy atom. The van der Waals surface area contributed by atoms with Crippen LogP contribution in [0.15, 0.2) is 6.07 Å². The maximum Gasteiger partial charge on any atom is 0.222 e. The molecule has 0 aliphatic carbocycles. The summed E-state index contributed by atoms with van der Waals surface area (Å²) < 4.78 is 0. The molecule has 20 heavy (non-hydrogen) atoms. The maximum absolute atomic E-state index is 12.1. The van der Waals surface area contributed by atoms with Crippen LogP contribution in [0, 0.1) is 12.8 Å². The fourth-order valence-electron chi connectivity index (χ4n) is 2.48. The van der Waals surface area contributed by atoms with Crippen LogP contribution >= 0.6 is 0 Å². The van der Waals surface area contributed by atoms with Crippen LogP contribution in [0.25, 0.3) is 0 Å². The molecule has 5 heteroatoms. The highest BCUT2D eigenvalue weighted by atomic mass is 16.2. The first-order valence-corrected chi connectivity index (χ1v) is 7.44. The molecule has 1 saturated heterocycles. The highest BCUT2D eigenvalue weighted by Crippen LogP contribution is 2.19. The van der Waals surface area contributed by atoms with Gasteiger partial charge in [0.25, 0.3) is 0 Å². The minimum Gasteiger partial charge on any atom is -0.370 e. The van der Waals surface area contributed by atoms with Crippen molar-refractivity contribution in [1.29, 1.82) is 0 Å². The number of anilines is 1. The van der Waals surface area contributed by atoms with Crippen LogP contribution in [0.2, 0.25) is 0 Å². The predicted molar refractivity (Wildman–Crippen MR) is 79.4 cm³/mol. The number of hydrogen-bond acceptors (Lipinski definition) is 4. The van der Waals surface area contributed by atoms with Gasteiger partial charge in [-0.2, -0.15) is 0 Å².